The van der Waals surface area contributed by atoms with Gasteiger partial charge in [-0.1, -0.05) is 94.3 Å². The fourth-order valence-corrected chi connectivity index (χ4v) is 3.67. The lowest BCUT2D eigenvalue weighted by molar-refractivity contribution is 1.58. The van der Waals surface area contributed by atoms with E-state index in [1.165, 1.54) is 21.9 Å². The maximum absolute atomic E-state index is 6.14. The number of hydrogen-bond donors (Lipinski definition) is 0. The van der Waals surface area contributed by atoms with E-state index in [0.717, 1.165) is 20.6 Å². The Hall–Kier alpha value is -2.09. The van der Waals surface area contributed by atoms with Gasteiger partial charge in [0.1, 0.15) is 0 Å². The summed E-state index contributed by atoms with van der Waals surface area (Å²) in [5, 5.41) is 3.28. The van der Waals surface area contributed by atoms with Gasteiger partial charge >= 0.3 is 0 Å². The van der Waals surface area contributed by atoms with E-state index in [2.05, 4.69) is 82.7 Å². The summed E-state index contributed by atoms with van der Waals surface area (Å²) in [5.74, 6) is 0. The van der Waals surface area contributed by atoms with Gasteiger partial charge in [0.2, 0.25) is 0 Å². The summed E-state index contributed by atoms with van der Waals surface area (Å²) in [6, 6.07) is 29.4. The van der Waals surface area contributed by atoms with Gasteiger partial charge in [-0.2, -0.15) is 0 Å². The minimum atomic E-state index is 0.742. The van der Waals surface area contributed by atoms with Crippen LogP contribution in [0.2, 0.25) is 5.02 Å². The number of hydrogen-bond acceptors (Lipinski definition) is 0. The predicted molar refractivity (Wildman–Crippen MR) is 108 cm³/mol. The third-order valence-corrected chi connectivity index (χ3v) is 5.15. The van der Waals surface area contributed by atoms with Crippen molar-refractivity contribution in [3.63, 3.8) is 0 Å². The van der Waals surface area contributed by atoms with Gasteiger partial charge in [-0.15, -0.1) is 0 Å². The monoisotopic (exact) mass is 392 g/mol. The molecule has 0 saturated heterocycles. The molecule has 0 N–H and O–H groups in total. The average Bonchev–Trinajstić information content (AvgIpc) is 2.63. The fraction of sp³-hybridized carbons (Fsp3) is 0. The molecule has 24 heavy (non-hydrogen) atoms. The first kappa shape index (κ1) is 15.4. The quantitative estimate of drug-likeness (QED) is 0.329. The van der Waals surface area contributed by atoms with Crippen LogP contribution in [0.5, 0.6) is 0 Å². The van der Waals surface area contributed by atoms with Crippen molar-refractivity contribution in [2.45, 2.75) is 0 Å². The van der Waals surface area contributed by atoms with Crippen molar-refractivity contribution in [3.8, 4) is 22.3 Å². The molecular weight excluding hydrogens is 380 g/mol. The minimum Gasteiger partial charge on any atom is -0.0843 e. The molecular formula is C22H14BrCl. The van der Waals surface area contributed by atoms with E-state index in [9.17, 15) is 0 Å². The van der Waals surface area contributed by atoms with Gasteiger partial charge in [0.15, 0.2) is 0 Å². The van der Waals surface area contributed by atoms with Crippen LogP contribution < -0.4 is 0 Å². The van der Waals surface area contributed by atoms with E-state index in [4.69, 9.17) is 11.6 Å². The van der Waals surface area contributed by atoms with Crippen LogP contribution in [0.4, 0.5) is 0 Å². The summed E-state index contributed by atoms with van der Waals surface area (Å²) < 4.78 is 1.05. The van der Waals surface area contributed by atoms with Crippen LogP contribution >= 0.6 is 27.5 Å². The first-order valence-electron chi connectivity index (χ1n) is 7.76. The van der Waals surface area contributed by atoms with Crippen molar-refractivity contribution < 1.29 is 0 Å². The van der Waals surface area contributed by atoms with Gasteiger partial charge < -0.3 is 0 Å². The van der Waals surface area contributed by atoms with Crippen molar-refractivity contribution in [2.24, 2.45) is 0 Å². The molecule has 0 fully saturated rings. The molecule has 0 amide bonds. The Morgan fingerprint density at radius 1 is 0.625 bits per heavy atom. The largest absolute Gasteiger partial charge is 0.0843 e. The van der Waals surface area contributed by atoms with Crippen molar-refractivity contribution >= 4 is 38.3 Å². The van der Waals surface area contributed by atoms with Crippen LogP contribution in [0.3, 0.4) is 0 Å². The normalized spacial score (nSPS) is 10.9. The molecule has 116 valence electrons. The van der Waals surface area contributed by atoms with Gasteiger partial charge in [0.05, 0.1) is 0 Å². The second-order valence-electron chi connectivity index (χ2n) is 5.73. The highest BCUT2D eigenvalue weighted by Gasteiger charge is 2.06. The summed E-state index contributed by atoms with van der Waals surface area (Å²) >= 11 is 9.74. The first-order chi connectivity index (χ1) is 11.7. The molecule has 0 aliphatic rings. The molecule has 0 nitrogen and oxygen atoms in total. The number of fused-ring (bicyclic) bond motifs is 1. The van der Waals surface area contributed by atoms with Crippen molar-refractivity contribution in [1.82, 2.24) is 0 Å². The lowest BCUT2D eigenvalue weighted by Crippen LogP contribution is -1.84. The van der Waals surface area contributed by atoms with E-state index in [1.807, 2.05) is 18.2 Å². The van der Waals surface area contributed by atoms with Crippen LogP contribution in [-0.2, 0) is 0 Å². The lowest BCUT2D eigenvalue weighted by atomic mass is 9.96. The standard InChI is InChI=1S/C22H14BrCl/c23-22-13-12-18(24)14-21(22)17-10-8-16(9-11-17)20-7-3-5-15-4-1-2-6-19(15)20/h1-14H. The summed E-state index contributed by atoms with van der Waals surface area (Å²) in [6.07, 6.45) is 0. The Morgan fingerprint density at radius 3 is 2.08 bits per heavy atom. The highest BCUT2D eigenvalue weighted by Crippen LogP contribution is 2.34. The minimum absolute atomic E-state index is 0.742. The van der Waals surface area contributed by atoms with Gasteiger partial charge in [-0.05, 0) is 51.2 Å². The van der Waals surface area contributed by atoms with Crippen molar-refractivity contribution in [3.05, 3.63) is 94.4 Å². The van der Waals surface area contributed by atoms with Gasteiger partial charge in [-0.3, -0.25) is 0 Å². The summed E-state index contributed by atoms with van der Waals surface area (Å²) in [4.78, 5) is 0. The second kappa shape index (κ2) is 6.43. The summed E-state index contributed by atoms with van der Waals surface area (Å²) in [7, 11) is 0. The molecule has 0 bridgehead atoms. The van der Waals surface area contributed by atoms with Gasteiger partial charge in [0.25, 0.3) is 0 Å². The summed E-state index contributed by atoms with van der Waals surface area (Å²) in [6.45, 7) is 0. The van der Waals surface area contributed by atoms with Crippen LogP contribution in [0.25, 0.3) is 33.0 Å². The van der Waals surface area contributed by atoms with Gasteiger partial charge in [0, 0.05) is 9.50 Å². The zero-order valence-electron chi connectivity index (χ0n) is 12.8. The fourth-order valence-electron chi connectivity index (χ4n) is 3.03. The summed E-state index contributed by atoms with van der Waals surface area (Å²) in [5.41, 5.74) is 4.72. The highest BCUT2D eigenvalue weighted by atomic mass is 79.9. The predicted octanol–water partition coefficient (Wildman–Crippen LogP) is 7.59. The average molecular weight is 394 g/mol. The van der Waals surface area contributed by atoms with Crippen molar-refractivity contribution in [1.29, 1.82) is 0 Å². The Kier molecular flexibility index (Phi) is 4.13. The molecule has 0 heterocycles. The Balaban J connectivity index is 1.80. The maximum atomic E-state index is 6.14. The molecule has 0 spiro atoms. The Labute approximate surface area is 154 Å². The number of benzene rings is 4. The van der Waals surface area contributed by atoms with E-state index in [1.54, 1.807) is 0 Å². The number of rotatable bonds is 2. The Morgan fingerprint density at radius 2 is 1.29 bits per heavy atom. The smallest absolute Gasteiger partial charge is 0.0412 e. The molecule has 4 aromatic carbocycles. The first-order valence-corrected chi connectivity index (χ1v) is 8.93. The van der Waals surface area contributed by atoms with E-state index in [0.29, 0.717) is 0 Å². The molecule has 2 heteroatoms. The van der Waals surface area contributed by atoms with Gasteiger partial charge in [-0.25, -0.2) is 0 Å². The molecule has 0 unspecified atom stereocenters. The number of halogens is 2. The molecule has 0 aliphatic heterocycles. The SMILES string of the molecule is Clc1ccc(Br)c(-c2ccc(-c3cccc4ccccc34)cc2)c1. The third kappa shape index (κ3) is 2.86. The molecule has 0 radical (unpaired) electrons. The molecule has 4 aromatic rings. The lowest BCUT2D eigenvalue weighted by Gasteiger charge is -2.09. The van der Waals surface area contributed by atoms with Crippen molar-refractivity contribution in [2.75, 3.05) is 0 Å². The van der Waals surface area contributed by atoms with E-state index < -0.39 is 0 Å². The molecule has 0 aliphatic carbocycles. The molecule has 0 atom stereocenters. The van der Waals surface area contributed by atoms with Crippen LogP contribution in [0.1, 0.15) is 0 Å². The van der Waals surface area contributed by atoms with Crippen LogP contribution in [-0.4, -0.2) is 0 Å². The second-order valence-corrected chi connectivity index (χ2v) is 7.02. The maximum Gasteiger partial charge on any atom is 0.0412 e. The highest BCUT2D eigenvalue weighted by molar-refractivity contribution is 9.10. The third-order valence-electron chi connectivity index (χ3n) is 4.22. The topological polar surface area (TPSA) is 0 Å². The molecule has 0 saturated carbocycles. The molecule has 4 rings (SSSR count). The Bertz CT molecular complexity index is 1010. The zero-order valence-corrected chi connectivity index (χ0v) is 15.2. The van der Waals surface area contributed by atoms with Crippen LogP contribution in [0, 0.1) is 0 Å². The zero-order chi connectivity index (χ0) is 16.5. The van der Waals surface area contributed by atoms with E-state index in [-0.39, 0.29) is 0 Å². The van der Waals surface area contributed by atoms with E-state index >= 15 is 0 Å². The van der Waals surface area contributed by atoms with Crippen LogP contribution in [0.15, 0.2) is 89.4 Å². The molecule has 0 aromatic heterocycles.